The van der Waals surface area contributed by atoms with Gasteiger partial charge >= 0.3 is 6.18 Å². The largest absolute Gasteiger partial charge is 0.406 e. The molecule has 0 radical (unpaired) electrons. The molecule has 0 saturated carbocycles. The molecular formula is C14H18F3N3. The highest BCUT2D eigenvalue weighted by atomic mass is 19.4. The lowest BCUT2D eigenvalue weighted by Crippen LogP contribution is -2.39. The van der Waals surface area contributed by atoms with Gasteiger partial charge in [-0.1, -0.05) is 19.1 Å². The molecule has 1 N–H and O–H groups in total. The van der Waals surface area contributed by atoms with Crippen molar-refractivity contribution in [3.63, 3.8) is 0 Å². The third-order valence-corrected chi connectivity index (χ3v) is 3.17. The molecule has 3 nitrogen and oxygen atoms in total. The Morgan fingerprint density at radius 2 is 1.85 bits per heavy atom. The summed E-state index contributed by atoms with van der Waals surface area (Å²) in [5.41, 5.74) is 0.461. The molecule has 20 heavy (non-hydrogen) atoms. The predicted molar refractivity (Wildman–Crippen MR) is 72.5 cm³/mol. The Bertz CT molecular complexity index is 599. The summed E-state index contributed by atoms with van der Waals surface area (Å²) in [6.07, 6.45) is -4.28. The number of alkyl halides is 3. The molecule has 0 fully saturated rings. The van der Waals surface area contributed by atoms with E-state index in [0.29, 0.717) is 23.4 Å². The second kappa shape index (κ2) is 5.09. The second-order valence-electron chi connectivity index (χ2n) is 5.28. The van der Waals surface area contributed by atoms with Crippen LogP contribution in [0.1, 0.15) is 26.6 Å². The summed E-state index contributed by atoms with van der Waals surface area (Å²) in [5.74, 6) is 0.401. The number of nitrogens with zero attached hydrogens (tertiary/aromatic N) is 2. The Hall–Kier alpha value is -1.56. The quantitative estimate of drug-likeness (QED) is 0.932. The number of benzene rings is 1. The van der Waals surface area contributed by atoms with Crippen LogP contribution >= 0.6 is 0 Å². The zero-order chi connectivity index (χ0) is 15.0. The SMILES string of the molecule is CCNC(C)(C)c1nc2ccccc2n1CC(F)(F)F. The summed E-state index contributed by atoms with van der Waals surface area (Å²) in [6.45, 7) is 5.22. The lowest BCUT2D eigenvalue weighted by molar-refractivity contribution is -0.140. The lowest BCUT2D eigenvalue weighted by atomic mass is 10.0. The van der Waals surface area contributed by atoms with Crippen molar-refractivity contribution >= 4 is 11.0 Å². The van der Waals surface area contributed by atoms with Crippen molar-refractivity contribution < 1.29 is 13.2 Å². The van der Waals surface area contributed by atoms with Crippen LogP contribution in [-0.2, 0) is 12.1 Å². The third kappa shape index (κ3) is 2.95. The van der Waals surface area contributed by atoms with Gasteiger partial charge in [0.25, 0.3) is 0 Å². The van der Waals surface area contributed by atoms with E-state index in [-0.39, 0.29) is 0 Å². The van der Waals surface area contributed by atoms with Gasteiger partial charge in [-0.3, -0.25) is 0 Å². The van der Waals surface area contributed by atoms with Crippen LogP contribution in [0, 0.1) is 0 Å². The van der Waals surface area contributed by atoms with Crippen molar-refractivity contribution in [3.8, 4) is 0 Å². The van der Waals surface area contributed by atoms with E-state index in [4.69, 9.17) is 0 Å². The Balaban J connectivity index is 2.61. The van der Waals surface area contributed by atoms with E-state index >= 15 is 0 Å². The number of aromatic nitrogens is 2. The van der Waals surface area contributed by atoms with Gasteiger partial charge in [0.1, 0.15) is 12.4 Å². The average molecular weight is 285 g/mol. The highest BCUT2D eigenvalue weighted by molar-refractivity contribution is 5.76. The second-order valence-corrected chi connectivity index (χ2v) is 5.28. The third-order valence-electron chi connectivity index (χ3n) is 3.17. The normalized spacial score (nSPS) is 13.1. The molecule has 1 aromatic carbocycles. The van der Waals surface area contributed by atoms with E-state index in [1.807, 2.05) is 20.8 Å². The van der Waals surface area contributed by atoms with Gasteiger partial charge in [-0.2, -0.15) is 13.2 Å². The van der Waals surface area contributed by atoms with E-state index in [1.54, 1.807) is 24.3 Å². The van der Waals surface area contributed by atoms with Gasteiger partial charge < -0.3 is 9.88 Å². The fourth-order valence-corrected chi connectivity index (χ4v) is 2.41. The summed E-state index contributed by atoms with van der Waals surface area (Å²) in [7, 11) is 0. The van der Waals surface area contributed by atoms with Crippen LogP contribution in [0.5, 0.6) is 0 Å². The first-order valence-corrected chi connectivity index (χ1v) is 6.52. The van der Waals surface area contributed by atoms with Gasteiger partial charge in [0, 0.05) is 0 Å². The number of imidazole rings is 1. The van der Waals surface area contributed by atoms with Crippen LogP contribution in [0.15, 0.2) is 24.3 Å². The van der Waals surface area contributed by atoms with Gasteiger partial charge in [0.05, 0.1) is 16.6 Å². The number of hydrogen-bond donors (Lipinski definition) is 1. The summed E-state index contributed by atoms with van der Waals surface area (Å²) in [5, 5.41) is 3.17. The molecule has 0 aliphatic carbocycles. The number of para-hydroxylation sites is 2. The molecule has 110 valence electrons. The first-order valence-electron chi connectivity index (χ1n) is 6.52. The van der Waals surface area contributed by atoms with Crippen molar-refractivity contribution in [2.45, 2.75) is 39.0 Å². The topological polar surface area (TPSA) is 29.9 Å². The van der Waals surface area contributed by atoms with E-state index < -0.39 is 18.3 Å². The minimum Gasteiger partial charge on any atom is -0.317 e. The maximum absolute atomic E-state index is 12.8. The van der Waals surface area contributed by atoms with Crippen LogP contribution in [0.4, 0.5) is 13.2 Å². The summed E-state index contributed by atoms with van der Waals surface area (Å²) < 4.78 is 39.7. The lowest BCUT2D eigenvalue weighted by Gasteiger charge is -2.26. The van der Waals surface area contributed by atoms with Gasteiger partial charge in [-0.15, -0.1) is 0 Å². The highest BCUT2D eigenvalue weighted by Gasteiger charge is 2.34. The maximum Gasteiger partial charge on any atom is 0.406 e. The maximum atomic E-state index is 12.8. The smallest absolute Gasteiger partial charge is 0.317 e. The fraction of sp³-hybridized carbons (Fsp3) is 0.500. The molecule has 0 bridgehead atoms. The van der Waals surface area contributed by atoms with Crippen molar-refractivity contribution in [2.75, 3.05) is 6.54 Å². The number of hydrogen-bond acceptors (Lipinski definition) is 2. The zero-order valence-electron chi connectivity index (χ0n) is 11.8. The van der Waals surface area contributed by atoms with Gasteiger partial charge in [-0.05, 0) is 32.5 Å². The molecule has 0 aliphatic heterocycles. The molecule has 0 amide bonds. The molecular weight excluding hydrogens is 267 g/mol. The van der Waals surface area contributed by atoms with Crippen LogP contribution in [-0.4, -0.2) is 22.3 Å². The minimum atomic E-state index is -4.28. The number of nitrogens with one attached hydrogen (secondary N) is 1. The fourth-order valence-electron chi connectivity index (χ4n) is 2.41. The molecule has 0 saturated heterocycles. The summed E-state index contributed by atoms with van der Waals surface area (Å²) in [4.78, 5) is 4.39. The molecule has 2 aromatic rings. The first-order chi connectivity index (χ1) is 9.24. The molecule has 0 aliphatic rings. The van der Waals surface area contributed by atoms with Crippen LogP contribution in [0.2, 0.25) is 0 Å². The molecule has 0 atom stereocenters. The average Bonchev–Trinajstić information content (AvgIpc) is 2.67. The van der Waals surface area contributed by atoms with Crippen molar-refractivity contribution in [1.29, 1.82) is 0 Å². The molecule has 1 aromatic heterocycles. The molecule has 1 heterocycles. The number of rotatable bonds is 4. The predicted octanol–water partition coefficient (Wildman–Crippen LogP) is 3.44. The molecule has 0 spiro atoms. The van der Waals surface area contributed by atoms with Crippen molar-refractivity contribution in [2.24, 2.45) is 0 Å². The Labute approximate surface area is 115 Å². The molecule has 0 unspecified atom stereocenters. The zero-order valence-corrected chi connectivity index (χ0v) is 11.8. The van der Waals surface area contributed by atoms with Crippen molar-refractivity contribution in [3.05, 3.63) is 30.1 Å². The monoisotopic (exact) mass is 285 g/mol. The molecule has 6 heteroatoms. The van der Waals surface area contributed by atoms with E-state index in [9.17, 15) is 13.2 Å². The highest BCUT2D eigenvalue weighted by Crippen LogP contribution is 2.28. The summed E-state index contributed by atoms with van der Waals surface area (Å²) in [6, 6.07) is 6.89. The standard InChI is InChI=1S/C14H18F3N3/c1-4-18-13(2,3)12-19-10-7-5-6-8-11(10)20(12)9-14(15,16)17/h5-8,18H,4,9H2,1-3H3. The van der Waals surface area contributed by atoms with Crippen LogP contribution in [0.25, 0.3) is 11.0 Å². The van der Waals surface area contributed by atoms with Crippen molar-refractivity contribution in [1.82, 2.24) is 14.9 Å². The first kappa shape index (κ1) is 14.8. The minimum absolute atomic E-state index is 0.401. The van der Waals surface area contributed by atoms with Crippen LogP contribution in [0.3, 0.4) is 0 Å². The Kier molecular flexibility index (Phi) is 3.77. The van der Waals surface area contributed by atoms with Gasteiger partial charge in [0.2, 0.25) is 0 Å². The summed E-state index contributed by atoms with van der Waals surface area (Å²) >= 11 is 0. The Morgan fingerprint density at radius 1 is 1.20 bits per heavy atom. The van der Waals surface area contributed by atoms with E-state index in [1.165, 1.54) is 4.57 Å². The van der Waals surface area contributed by atoms with E-state index in [2.05, 4.69) is 10.3 Å². The van der Waals surface area contributed by atoms with Crippen LogP contribution < -0.4 is 5.32 Å². The number of halogens is 3. The molecule has 2 rings (SSSR count). The Morgan fingerprint density at radius 3 is 2.45 bits per heavy atom. The number of fused-ring (bicyclic) bond motifs is 1. The van der Waals surface area contributed by atoms with E-state index in [0.717, 1.165) is 0 Å². The van der Waals surface area contributed by atoms with Gasteiger partial charge in [0.15, 0.2) is 0 Å². The van der Waals surface area contributed by atoms with Gasteiger partial charge in [-0.25, -0.2) is 4.98 Å².